The minimum Gasteiger partial charge on any atom is -0.368 e. The van der Waals surface area contributed by atoms with E-state index < -0.39 is 35.1 Å². The number of halogens is 4. The minimum atomic E-state index is -0.802. The molecule has 0 saturated carbocycles. The lowest BCUT2D eigenvalue weighted by atomic mass is 10.1. The van der Waals surface area contributed by atoms with Gasteiger partial charge in [-0.3, -0.25) is 19.6 Å². The number of rotatable bonds is 8. The van der Waals surface area contributed by atoms with Gasteiger partial charge in [-0.2, -0.15) is 0 Å². The molecule has 2 aliphatic rings. The molecular formula is C42H40F4N12O2. The topological polar surface area (TPSA) is 194 Å². The fourth-order valence-electron chi connectivity index (χ4n) is 6.98. The Balaban J connectivity index is 0.000000181. The van der Waals surface area contributed by atoms with Crippen LogP contribution in [0.15, 0.2) is 97.8 Å². The number of aromatic nitrogens is 6. The number of hydrogen-bond donors (Lipinski definition) is 4. The van der Waals surface area contributed by atoms with Gasteiger partial charge in [0.25, 0.3) is 11.8 Å². The molecular weight excluding hydrogens is 781 g/mol. The van der Waals surface area contributed by atoms with Crippen molar-refractivity contribution in [2.24, 2.45) is 11.5 Å². The third-order valence-electron chi connectivity index (χ3n) is 9.84. The number of nitrogens with one attached hydrogen (secondary N) is 2. The van der Waals surface area contributed by atoms with Gasteiger partial charge in [-0.25, -0.2) is 37.5 Å². The van der Waals surface area contributed by atoms with Crippen molar-refractivity contribution in [3.05, 3.63) is 133 Å². The fraction of sp³-hybridized carbons (Fsp3) is 0.238. The molecule has 14 nitrogen and oxygen atoms in total. The van der Waals surface area contributed by atoms with Crippen LogP contribution in [0.3, 0.4) is 0 Å². The summed E-state index contributed by atoms with van der Waals surface area (Å²) in [5.74, 6) is -4.69. The highest BCUT2D eigenvalue weighted by Gasteiger charge is 2.24. The first kappa shape index (κ1) is 41.2. The number of carbonyl (C=O) groups is 2. The smallest absolute Gasteiger partial charge is 0.274 e. The van der Waals surface area contributed by atoms with Crippen LogP contribution in [-0.4, -0.2) is 80.0 Å². The number of pyridine rings is 2. The lowest BCUT2D eigenvalue weighted by molar-refractivity contribution is 0.101. The first-order valence-corrected chi connectivity index (χ1v) is 19.1. The molecule has 2 fully saturated rings. The van der Waals surface area contributed by atoms with Crippen molar-refractivity contribution in [1.29, 1.82) is 0 Å². The van der Waals surface area contributed by atoms with E-state index in [2.05, 4.69) is 50.3 Å². The summed E-state index contributed by atoms with van der Waals surface area (Å²) in [6.07, 6.45) is 12.8. The highest BCUT2D eigenvalue weighted by atomic mass is 19.1. The number of benzene rings is 2. The number of anilines is 4. The molecule has 2 aromatic carbocycles. The summed E-state index contributed by atoms with van der Waals surface area (Å²) < 4.78 is 56.2. The number of nitrogens with zero attached hydrogens (tertiary/aromatic N) is 8. The molecule has 2 aliphatic heterocycles. The standard InChI is InChI=1S/2C21H20F2N6O/c2*22-14-4-1-5-15(23)19(14)20-26-9-6-16(27-20)21(30)28-17-11-25-8-7-18(17)29-10-2-3-13(24)12-29/h2*1,4-9,11,13H,2-3,10,12,24H2,(H,28,30)/t2*13-/m00/s1. The van der Waals surface area contributed by atoms with Crippen molar-refractivity contribution >= 4 is 34.6 Å². The quantitative estimate of drug-likeness (QED) is 0.131. The van der Waals surface area contributed by atoms with Gasteiger partial charge >= 0.3 is 0 Å². The van der Waals surface area contributed by atoms with E-state index in [-0.39, 0.29) is 46.2 Å². The van der Waals surface area contributed by atoms with Gasteiger partial charge in [0.2, 0.25) is 0 Å². The molecule has 2 amide bonds. The van der Waals surface area contributed by atoms with Gasteiger partial charge in [-0.05, 0) is 74.2 Å². The van der Waals surface area contributed by atoms with Crippen molar-refractivity contribution in [3.8, 4) is 22.8 Å². The van der Waals surface area contributed by atoms with Crippen molar-refractivity contribution < 1.29 is 27.2 Å². The zero-order chi connectivity index (χ0) is 42.2. The number of nitrogens with two attached hydrogens (primary N) is 2. The van der Waals surface area contributed by atoms with Crippen LogP contribution in [-0.2, 0) is 0 Å². The van der Waals surface area contributed by atoms with E-state index in [1.54, 1.807) is 24.8 Å². The normalized spacial score (nSPS) is 16.4. The molecule has 6 aromatic rings. The van der Waals surface area contributed by atoms with Crippen LogP contribution in [0.5, 0.6) is 0 Å². The van der Waals surface area contributed by atoms with Crippen LogP contribution in [0.4, 0.5) is 40.3 Å². The monoisotopic (exact) mass is 820 g/mol. The second-order valence-corrected chi connectivity index (χ2v) is 14.1. The van der Waals surface area contributed by atoms with Gasteiger partial charge in [0.15, 0.2) is 11.6 Å². The number of carbonyl (C=O) groups excluding carboxylic acids is 2. The Morgan fingerprint density at radius 1 is 0.583 bits per heavy atom. The summed E-state index contributed by atoms with van der Waals surface area (Å²) in [7, 11) is 0. The molecule has 0 aliphatic carbocycles. The molecule has 60 heavy (non-hydrogen) atoms. The van der Waals surface area contributed by atoms with Crippen LogP contribution in [0, 0.1) is 23.3 Å². The number of amides is 2. The van der Waals surface area contributed by atoms with E-state index in [0.717, 1.165) is 74.4 Å². The third kappa shape index (κ3) is 9.67. The molecule has 6 heterocycles. The Bertz CT molecular complexity index is 2280. The Hall–Kier alpha value is -6.92. The number of hydrogen-bond acceptors (Lipinski definition) is 12. The SMILES string of the molecule is N[C@H]1CCCN(c2ccncc2NC(=O)c2ccnc(-c3c(F)cccc3F)n2)C1.N[C@H]1CCCN(c2ccncc2NC(=O)c2ccnc(-c3c(F)cccc3F)n2)C1. The molecule has 4 aromatic heterocycles. The lowest BCUT2D eigenvalue weighted by Gasteiger charge is -2.33. The molecule has 6 N–H and O–H groups in total. The Kier molecular flexibility index (Phi) is 12.9. The molecule has 2 saturated heterocycles. The molecule has 308 valence electrons. The van der Waals surface area contributed by atoms with E-state index in [0.29, 0.717) is 24.5 Å². The Morgan fingerprint density at radius 3 is 1.37 bits per heavy atom. The maximum atomic E-state index is 14.1. The summed E-state index contributed by atoms with van der Waals surface area (Å²) in [6.45, 7) is 3.00. The first-order valence-electron chi connectivity index (χ1n) is 19.1. The first-order chi connectivity index (χ1) is 29.0. The predicted octanol–water partition coefficient (Wildman–Crippen LogP) is 5.99. The third-order valence-corrected chi connectivity index (χ3v) is 9.84. The van der Waals surface area contributed by atoms with E-state index in [1.165, 1.54) is 36.7 Å². The summed E-state index contributed by atoms with van der Waals surface area (Å²) in [5.41, 5.74) is 14.0. The predicted molar refractivity (Wildman–Crippen MR) is 218 cm³/mol. The maximum absolute atomic E-state index is 14.1. The molecule has 2 atom stereocenters. The molecule has 0 bridgehead atoms. The van der Waals surface area contributed by atoms with E-state index in [4.69, 9.17) is 11.5 Å². The van der Waals surface area contributed by atoms with Gasteiger partial charge < -0.3 is 31.9 Å². The van der Waals surface area contributed by atoms with Crippen molar-refractivity contribution in [1.82, 2.24) is 29.9 Å². The van der Waals surface area contributed by atoms with Crippen LogP contribution < -0.4 is 31.9 Å². The minimum absolute atomic E-state index is 0.0206. The van der Waals surface area contributed by atoms with Crippen LogP contribution >= 0.6 is 0 Å². The molecule has 0 unspecified atom stereocenters. The fourth-order valence-corrected chi connectivity index (χ4v) is 6.98. The van der Waals surface area contributed by atoms with Gasteiger partial charge in [0.05, 0.1) is 46.3 Å². The second-order valence-electron chi connectivity index (χ2n) is 14.1. The summed E-state index contributed by atoms with van der Waals surface area (Å²) >= 11 is 0. The maximum Gasteiger partial charge on any atom is 0.274 e. The van der Waals surface area contributed by atoms with Crippen molar-refractivity contribution in [2.45, 2.75) is 37.8 Å². The Morgan fingerprint density at radius 2 is 0.983 bits per heavy atom. The largest absolute Gasteiger partial charge is 0.368 e. The summed E-state index contributed by atoms with van der Waals surface area (Å²) in [6, 6.07) is 13.5. The summed E-state index contributed by atoms with van der Waals surface area (Å²) in [4.78, 5) is 53.9. The zero-order valence-electron chi connectivity index (χ0n) is 32.1. The zero-order valence-corrected chi connectivity index (χ0v) is 32.1. The van der Waals surface area contributed by atoms with E-state index in [1.807, 2.05) is 12.1 Å². The highest BCUT2D eigenvalue weighted by Crippen LogP contribution is 2.30. The molecule has 0 spiro atoms. The number of piperidine rings is 2. The van der Waals surface area contributed by atoms with Crippen molar-refractivity contribution in [2.75, 3.05) is 46.6 Å². The van der Waals surface area contributed by atoms with Crippen molar-refractivity contribution in [3.63, 3.8) is 0 Å². The second kappa shape index (κ2) is 18.8. The summed E-state index contributed by atoms with van der Waals surface area (Å²) in [5, 5.41) is 5.57. The average Bonchev–Trinajstić information content (AvgIpc) is 3.24. The van der Waals surface area contributed by atoms with Crippen LogP contribution in [0.25, 0.3) is 22.8 Å². The van der Waals surface area contributed by atoms with Crippen LogP contribution in [0.1, 0.15) is 46.7 Å². The molecule has 18 heteroatoms. The van der Waals surface area contributed by atoms with Gasteiger partial charge in [0, 0.05) is 63.1 Å². The van der Waals surface area contributed by atoms with Crippen LogP contribution in [0.2, 0.25) is 0 Å². The van der Waals surface area contributed by atoms with Gasteiger partial charge in [0.1, 0.15) is 34.7 Å². The van der Waals surface area contributed by atoms with E-state index in [9.17, 15) is 27.2 Å². The molecule has 8 rings (SSSR count). The lowest BCUT2D eigenvalue weighted by Crippen LogP contribution is -2.43. The molecule has 0 radical (unpaired) electrons. The Labute approximate surface area is 342 Å². The average molecular weight is 821 g/mol. The van der Waals surface area contributed by atoms with Gasteiger partial charge in [-0.15, -0.1) is 0 Å². The van der Waals surface area contributed by atoms with Gasteiger partial charge in [-0.1, -0.05) is 12.1 Å². The van der Waals surface area contributed by atoms with E-state index >= 15 is 0 Å². The highest BCUT2D eigenvalue weighted by molar-refractivity contribution is 6.05.